The molecule has 6 nitrogen and oxygen atoms in total. The summed E-state index contributed by atoms with van der Waals surface area (Å²) in [7, 11) is 0. The highest BCUT2D eigenvalue weighted by Crippen LogP contribution is 2.21. The van der Waals surface area contributed by atoms with E-state index < -0.39 is 0 Å². The van der Waals surface area contributed by atoms with E-state index in [9.17, 15) is 9.59 Å². The van der Waals surface area contributed by atoms with E-state index in [1.807, 2.05) is 32.0 Å². The van der Waals surface area contributed by atoms with Crippen LogP contribution in [0.3, 0.4) is 0 Å². The van der Waals surface area contributed by atoms with E-state index in [4.69, 9.17) is 9.47 Å². The SMILES string of the molecule is Cc1cccc(OCC(=O)Nc2ccccc2C(=O)NC[C@@H]2CCCO2)c1C. The van der Waals surface area contributed by atoms with Gasteiger partial charge in [-0.15, -0.1) is 0 Å². The Morgan fingerprint density at radius 1 is 1.14 bits per heavy atom. The summed E-state index contributed by atoms with van der Waals surface area (Å²) in [5.74, 6) is 0.125. The highest BCUT2D eigenvalue weighted by atomic mass is 16.5. The molecule has 0 bridgehead atoms. The molecule has 1 fully saturated rings. The molecule has 1 atom stereocenters. The summed E-state index contributed by atoms with van der Waals surface area (Å²) < 4.78 is 11.2. The van der Waals surface area contributed by atoms with Crippen molar-refractivity contribution in [2.75, 3.05) is 25.1 Å². The van der Waals surface area contributed by atoms with Gasteiger partial charge in [0.2, 0.25) is 0 Å². The Morgan fingerprint density at radius 3 is 2.75 bits per heavy atom. The number of amides is 2. The van der Waals surface area contributed by atoms with Gasteiger partial charge in [0.05, 0.1) is 17.4 Å². The zero-order chi connectivity index (χ0) is 19.9. The van der Waals surface area contributed by atoms with Crippen LogP contribution in [-0.4, -0.2) is 37.7 Å². The fraction of sp³-hybridized carbons (Fsp3) is 0.364. The van der Waals surface area contributed by atoms with Gasteiger partial charge >= 0.3 is 0 Å². The number of carbonyl (C=O) groups is 2. The Hall–Kier alpha value is -2.86. The minimum Gasteiger partial charge on any atom is -0.483 e. The predicted octanol–water partition coefficient (Wildman–Crippen LogP) is 3.23. The molecule has 2 aromatic carbocycles. The molecule has 1 aliphatic heterocycles. The van der Waals surface area contributed by atoms with Crippen molar-refractivity contribution in [3.05, 3.63) is 59.2 Å². The number of aryl methyl sites for hydroxylation is 1. The van der Waals surface area contributed by atoms with Crippen LogP contribution in [0.25, 0.3) is 0 Å². The van der Waals surface area contributed by atoms with Crippen LogP contribution < -0.4 is 15.4 Å². The van der Waals surface area contributed by atoms with Gasteiger partial charge in [0, 0.05) is 13.2 Å². The second kappa shape index (κ2) is 9.37. The van der Waals surface area contributed by atoms with Gasteiger partial charge in [-0.1, -0.05) is 24.3 Å². The molecule has 0 aromatic heterocycles. The van der Waals surface area contributed by atoms with Gasteiger partial charge in [-0.25, -0.2) is 0 Å². The van der Waals surface area contributed by atoms with Crippen LogP contribution >= 0.6 is 0 Å². The molecule has 3 rings (SSSR count). The average molecular weight is 382 g/mol. The minimum absolute atomic E-state index is 0.0664. The molecule has 1 aliphatic rings. The van der Waals surface area contributed by atoms with Gasteiger partial charge in [0.25, 0.3) is 11.8 Å². The zero-order valence-corrected chi connectivity index (χ0v) is 16.3. The molecular weight excluding hydrogens is 356 g/mol. The van der Waals surface area contributed by atoms with E-state index >= 15 is 0 Å². The number of hydrogen-bond donors (Lipinski definition) is 2. The van der Waals surface area contributed by atoms with E-state index in [1.54, 1.807) is 24.3 Å². The number of para-hydroxylation sites is 1. The lowest BCUT2D eigenvalue weighted by molar-refractivity contribution is -0.118. The van der Waals surface area contributed by atoms with Gasteiger partial charge in [0.15, 0.2) is 6.61 Å². The van der Waals surface area contributed by atoms with E-state index in [-0.39, 0.29) is 24.5 Å². The first-order chi connectivity index (χ1) is 13.5. The number of ether oxygens (including phenoxy) is 2. The zero-order valence-electron chi connectivity index (χ0n) is 16.3. The normalized spacial score (nSPS) is 15.9. The van der Waals surface area contributed by atoms with Crippen molar-refractivity contribution in [2.45, 2.75) is 32.8 Å². The lowest BCUT2D eigenvalue weighted by Gasteiger charge is -2.14. The summed E-state index contributed by atoms with van der Waals surface area (Å²) in [6, 6.07) is 12.7. The summed E-state index contributed by atoms with van der Waals surface area (Å²) in [6.07, 6.45) is 2.04. The van der Waals surface area contributed by atoms with Crippen molar-refractivity contribution in [1.82, 2.24) is 5.32 Å². The van der Waals surface area contributed by atoms with Crippen LogP contribution in [0.15, 0.2) is 42.5 Å². The summed E-state index contributed by atoms with van der Waals surface area (Å²) in [5.41, 5.74) is 2.98. The quantitative estimate of drug-likeness (QED) is 0.771. The van der Waals surface area contributed by atoms with Gasteiger partial charge in [-0.05, 0) is 56.0 Å². The number of hydrogen-bond acceptors (Lipinski definition) is 4. The molecule has 148 valence electrons. The first kappa shape index (κ1) is 19.9. The van der Waals surface area contributed by atoms with Gasteiger partial charge in [-0.2, -0.15) is 0 Å². The van der Waals surface area contributed by atoms with Gasteiger partial charge in [-0.3, -0.25) is 9.59 Å². The van der Waals surface area contributed by atoms with E-state index in [0.717, 1.165) is 30.6 Å². The third kappa shape index (κ3) is 5.10. The van der Waals surface area contributed by atoms with Crippen molar-refractivity contribution in [2.24, 2.45) is 0 Å². The second-order valence-corrected chi connectivity index (χ2v) is 6.93. The van der Waals surface area contributed by atoms with E-state index in [0.29, 0.717) is 23.5 Å². The molecule has 0 saturated carbocycles. The summed E-state index contributed by atoms with van der Waals surface area (Å²) in [6.45, 7) is 5.03. The molecule has 0 unspecified atom stereocenters. The van der Waals surface area contributed by atoms with Crippen LogP contribution in [0.4, 0.5) is 5.69 Å². The average Bonchev–Trinajstić information content (AvgIpc) is 3.21. The van der Waals surface area contributed by atoms with Crippen LogP contribution in [-0.2, 0) is 9.53 Å². The maximum absolute atomic E-state index is 12.5. The monoisotopic (exact) mass is 382 g/mol. The third-order valence-corrected chi connectivity index (χ3v) is 4.87. The molecule has 6 heteroatoms. The topological polar surface area (TPSA) is 76.7 Å². The number of rotatable bonds is 7. The predicted molar refractivity (Wildman–Crippen MR) is 108 cm³/mol. The first-order valence-electron chi connectivity index (χ1n) is 9.52. The molecule has 2 N–H and O–H groups in total. The molecule has 0 spiro atoms. The molecule has 0 radical (unpaired) electrons. The largest absolute Gasteiger partial charge is 0.483 e. The number of nitrogens with one attached hydrogen (secondary N) is 2. The molecular formula is C22H26N2O4. The molecule has 0 aliphatic carbocycles. The van der Waals surface area contributed by atoms with Crippen molar-refractivity contribution in [3.63, 3.8) is 0 Å². The van der Waals surface area contributed by atoms with Crippen LogP contribution in [0.5, 0.6) is 5.75 Å². The molecule has 2 aromatic rings. The lowest BCUT2D eigenvalue weighted by Crippen LogP contribution is -2.32. The maximum Gasteiger partial charge on any atom is 0.262 e. The van der Waals surface area contributed by atoms with Crippen LogP contribution in [0.1, 0.15) is 34.3 Å². The second-order valence-electron chi connectivity index (χ2n) is 6.93. The summed E-state index contributed by atoms with van der Waals surface area (Å²) >= 11 is 0. The van der Waals surface area contributed by atoms with Gasteiger partial charge < -0.3 is 20.1 Å². The Kier molecular flexibility index (Phi) is 6.66. The van der Waals surface area contributed by atoms with E-state index in [1.165, 1.54) is 0 Å². The fourth-order valence-corrected chi connectivity index (χ4v) is 3.11. The van der Waals surface area contributed by atoms with Crippen LogP contribution in [0, 0.1) is 13.8 Å². The first-order valence-corrected chi connectivity index (χ1v) is 9.52. The number of anilines is 1. The summed E-state index contributed by atoms with van der Waals surface area (Å²) in [5, 5.41) is 5.65. The summed E-state index contributed by atoms with van der Waals surface area (Å²) in [4.78, 5) is 24.9. The Morgan fingerprint density at radius 2 is 1.96 bits per heavy atom. The Bertz CT molecular complexity index is 844. The van der Waals surface area contributed by atoms with E-state index in [2.05, 4.69) is 10.6 Å². The smallest absolute Gasteiger partial charge is 0.262 e. The lowest BCUT2D eigenvalue weighted by atomic mass is 10.1. The van der Waals surface area contributed by atoms with Crippen molar-refractivity contribution in [1.29, 1.82) is 0 Å². The molecule has 1 heterocycles. The minimum atomic E-state index is -0.319. The van der Waals surface area contributed by atoms with Crippen molar-refractivity contribution in [3.8, 4) is 5.75 Å². The highest BCUT2D eigenvalue weighted by molar-refractivity contribution is 6.04. The number of carbonyl (C=O) groups excluding carboxylic acids is 2. The Balaban J connectivity index is 1.58. The molecule has 1 saturated heterocycles. The van der Waals surface area contributed by atoms with Crippen LogP contribution in [0.2, 0.25) is 0 Å². The molecule has 2 amide bonds. The number of benzene rings is 2. The highest BCUT2D eigenvalue weighted by Gasteiger charge is 2.18. The van der Waals surface area contributed by atoms with Crippen molar-refractivity contribution >= 4 is 17.5 Å². The standard InChI is InChI=1S/C22H26N2O4/c1-15-7-5-11-20(16(15)2)28-14-21(25)24-19-10-4-3-9-18(19)22(26)23-13-17-8-6-12-27-17/h3-5,7,9-11,17H,6,8,12-14H2,1-2H3,(H,23,26)(H,24,25)/t17-/m0/s1. The Labute approximate surface area is 165 Å². The maximum atomic E-state index is 12.5. The third-order valence-electron chi connectivity index (χ3n) is 4.87. The molecule has 28 heavy (non-hydrogen) atoms. The fourth-order valence-electron chi connectivity index (χ4n) is 3.11. The van der Waals surface area contributed by atoms with Gasteiger partial charge in [0.1, 0.15) is 5.75 Å². The van der Waals surface area contributed by atoms with Crippen molar-refractivity contribution < 1.29 is 19.1 Å².